The summed E-state index contributed by atoms with van der Waals surface area (Å²) in [5.74, 6) is 1.09. The third-order valence-electron chi connectivity index (χ3n) is 3.74. The third kappa shape index (κ3) is 3.33. The molecule has 0 aliphatic carbocycles. The highest BCUT2D eigenvalue weighted by Crippen LogP contribution is 2.20. The van der Waals surface area contributed by atoms with Crippen LogP contribution in [0.3, 0.4) is 0 Å². The van der Waals surface area contributed by atoms with Crippen LogP contribution < -0.4 is 5.32 Å². The van der Waals surface area contributed by atoms with Gasteiger partial charge in [-0.05, 0) is 39.4 Å². The lowest BCUT2D eigenvalue weighted by Crippen LogP contribution is -2.32. The lowest BCUT2D eigenvalue weighted by Gasteiger charge is -2.26. The highest BCUT2D eigenvalue weighted by Gasteiger charge is 2.18. The zero-order chi connectivity index (χ0) is 12.1. The monoisotopic (exact) mass is 236 g/mol. The molecule has 2 heterocycles. The van der Waals surface area contributed by atoms with Gasteiger partial charge in [0, 0.05) is 18.2 Å². The summed E-state index contributed by atoms with van der Waals surface area (Å²) in [6, 6.07) is 2.82. The molecule has 1 aliphatic rings. The molecule has 0 radical (unpaired) electrons. The van der Waals surface area contributed by atoms with Crippen LogP contribution in [0.2, 0.25) is 0 Å². The minimum Gasteiger partial charge on any atom is -0.468 e. The van der Waals surface area contributed by atoms with Gasteiger partial charge in [-0.2, -0.15) is 0 Å². The highest BCUT2D eigenvalue weighted by molar-refractivity contribution is 5.17. The molecule has 3 nitrogen and oxygen atoms in total. The Morgan fingerprint density at radius 3 is 3.12 bits per heavy atom. The molecule has 0 bridgehead atoms. The average Bonchev–Trinajstić information content (AvgIpc) is 2.64. The van der Waals surface area contributed by atoms with Gasteiger partial charge in [0.15, 0.2) is 0 Å². The molecule has 1 aromatic rings. The van der Waals surface area contributed by atoms with E-state index in [9.17, 15) is 0 Å². The summed E-state index contributed by atoms with van der Waals surface area (Å²) in [6.45, 7) is 5.44. The van der Waals surface area contributed by atoms with Crippen molar-refractivity contribution in [1.29, 1.82) is 0 Å². The first-order valence-electron chi connectivity index (χ1n) is 6.75. The van der Waals surface area contributed by atoms with Crippen molar-refractivity contribution in [2.24, 2.45) is 0 Å². The van der Waals surface area contributed by atoms with E-state index < -0.39 is 0 Å². The van der Waals surface area contributed by atoms with E-state index >= 15 is 0 Å². The van der Waals surface area contributed by atoms with Crippen molar-refractivity contribution in [1.82, 2.24) is 10.2 Å². The number of likely N-dealkylation sites (tertiary alicyclic amines) is 1. The van der Waals surface area contributed by atoms with Crippen molar-refractivity contribution in [3.8, 4) is 0 Å². The predicted molar refractivity (Wildman–Crippen MR) is 69.8 cm³/mol. The van der Waals surface area contributed by atoms with Gasteiger partial charge in [0.2, 0.25) is 0 Å². The Bertz CT molecular complexity index is 335. The Morgan fingerprint density at radius 1 is 1.41 bits per heavy atom. The van der Waals surface area contributed by atoms with E-state index in [-0.39, 0.29) is 0 Å². The molecule has 0 saturated carbocycles. The maximum absolute atomic E-state index is 5.52. The maximum Gasteiger partial charge on any atom is 0.122 e. The summed E-state index contributed by atoms with van der Waals surface area (Å²) in [5.41, 5.74) is 1.34. The fraction of sp³-hybridized carbons (Fsp3) is 0.714. The smallest absolute Gasteiger partial charge is 0.122 e. The molecule has 1 aromatic heterocycles. The van der Waals surface area contributed by atoms with E-state index in [2.05, 4.69) is 23.2 Å². The van der Waals surface area contributed by atoms with Crippen LogP contribution in [0, 0.1) is 0 Å². The number of rotatable bonds is 4. The standard InChI is InChI=1S/C14H24N2O/c1-12-6-4-3-5-8-16(12)11-13-7-9-17-14(13)10-15-2/h7,9,12,15H,3-6,8,10-11H2,1-2H3. The van der Waals surface area contributed by atoms with Crippen molar-refractivity contribution in [3.63, 3.8) is 0 Å². The van der Waals surface area contributed by atoms with Gasteiger partial charge >= 0.3 is 0 Å². The van der Waals surface area contributed by atoms with Crippen molar-refractivity contribution >= 4 is 0 Å². The topological polar surface area (TPSA) is 28.4 Å². The Balaban J connectivity index is 2.00. The molecular formula is C14H24N2O. The molecule has 0 amide bonds. The van der Waals surface area contributed by atoms with Crippen LogP contribution in [0.5, 0.6) is 0 Å². The van der Waals surface area contributed by atoms with Gasteiger partial charge < -0.3 is 9.73 Å². The van der Waals surface area contributed by atoms with Gasteiger partial charge in [-0.25, -0.2) is 0 Å². The van der Waals surface area contributed by atoms with Crippen molar-refractivity contribution in [2.45, 2.75) is 51.7 Å². The molecule has 0 aromatic carbocycles. The first-order chi connectivity index (χ1) is 8.31. The number of nitrogens with zero attached hydrogens (tertiary/aromatic N) is 1. The second kappa shape index (κ2) is 6.22. The Hall–Kier alpha value is -0.800. The molecule has 1 aliphatic heterocycles. The highest BCUT2D eigenvalue weighted by atomic mass is 16.3. The van der Waals surface area contributed by atoms with Crippen LogP contribution in [0.1, 0.15) is 43.9 Å². The lowest BCUT2D eigenvalue weighted by molar-refractivity contribution is 0.203. The molecule has 96 valence electrons. The summed E-state index contributed by atoms with van der Waals surface area (Å²) in [4.78, 5) is 2.59. The molecule has 2 rings (SSSR count). The minimum absolute atomic E-state index is 0.704. The van der Waals surface area contributed by atoms with Gasteiger partial charge in [-0.1, -0.05) is 12.8 Å². The Labute approximate surface area is 104 Å². The molecule has 1 fully saturated rings. The molecular weight excluding hydrogens is 212 g/mol. The van der Waals surface area contributed by atoms with Gasteiger partial charge in [0.1, 0.15) is 5.76 Å². The average molecular weight is 236 g/mol. The zero-order valence-electron chi connectivity index (χ0n) is 11.0. The summed E-state index contributed by atoms with van der Waals surface area (Å²) in [7, 11) is 1.96. The maximum atomic E-state index is 5.52. The normalized spacial score (nSPS) is 22.6. The van der Waals surface area contributed by atoms with E-state index in [0.717, 1.165) is 18.8 Å². The third-order valence-corrected chi connectivity index (χ3v) is 3.74. The second-order valence-corrected chi connectivity index (χ2v) is 5.07. The largest absolute Gasteiger partial charge is 0.468 e. The van der Waals surface area contributed by atoms with Crippen LogP contribution in [-0.4, -0.2) is 24.5 Å². The van der Waals surface area contributed by atoms with Crippen LogP contribution >= 0.6 is 0 Å². The SMILES string of the molecule is CNCc1occc1CN1CCCCCC1C. The summed E-state index contributed by atoms with van der Waals surface area (Å²) < 4.78 is 5.52. The Morgan fingerprint density at radius 2 is 2.29 bits per heavy atom. The van der Waals surface area contributed by atoms with Crippen molar-refractivity contribution in [2.75, 3.05) is 13.6 Å². The Kier molecular flexibility index (Phi) is 4.63. The first kappa shape index (κ1) is 12.7. The van der Waals surface area contributed by atoms with E-state index in [0.29, 0.717) is 6.04 Å². The van der Waals surface area contributed by atoms with Crippen LogP contribution in [-0.2, 0) is 13.1 Å². The van der Waals surface area contributed by atoms with Gasteiger partial charge in [-0.15, -0.1) is 0 Å². The number of furan rings is 1. The fourth-order valence-corrected chi connectivity index (χ4v) is 2.61. The second-order valence-electron chi connectivity index (χ2n) is 5.07. The van der Waals surface area contributed by atoms with Crippen LogP contribution in [0.4, 0.5) is 0 Å². The lowest BCUT2D eigenvalue weighted by atomic mass is 10.1. The molecule has 0 spiro atoms. The van der Waals surface area contributed by atoms with Crippen molar-refractivity contribution < 1.29 is 4.42 Å². The quantitative estimate of drug-likeness (QED) is 0.871. The van der Waals surface area contributed by atoms with E-state index in [1.807, 2.05) is 13.3 Å². The molecule has 17 heavy (non-hydrogen) atoms. The summed E-state index contributed by atoms with van der Waals surface area (Å²) in [5, 5.41) is 3.16. The summed E-state index contributed by atoms with van der Waals surface area (Å²) in [6.07, 6.45) is 7.25. The number of hydrogen-bond donors (Lipinski definition) is 1. The minimum atomic E-state index is 0.704. The van der Waals surface area contributed by atoms with E-state index in [1.54, 1.807) is 0 Å². The number of hydrogen-bond acceptors (Lipinski definition) is 3. The predicted octanol–water partition coefficient (Wildman–Crippen LogP) is 2.76. The van der Waals surface area contributed by atoms with Crippen LogP contribution in [0.25, 0.3) is 0 Å². The molecule has 3 heteroatoms. The molecule has 1 N–H and O–H groups in total. The van der Waals surface area contributed by atoms with Gasteiger partial charge in [0.25, 0.3) is 0 Å². The molecule has 1 unspecified atom stereocenters. The van der Waals surface area contributed by atoms with Gasteiger partial charge in [-0.3, -0.25) is 4.90 Å². The first-order valence-corrected chi connectivity index (χ1v) is 6.75. The number of nitrogens with one attached hydrogen (secondary N) is 1. The van der Waals surface area contributed by atoms with Crippen LogP contribution in [0.15, 0.2) is 16.7 Å². The van der Waals surface area contributed by atoms with E-state index in [4.69, 9.17) is 4.42 Å². The van der Waals surface area contributed by atoms with Gasteiger partial charge in [0.05, 0.1) is 12.8 Å². The van der Waals surface area contributed by atoms with E-state index in [1.165, 1.54) is 37.8 Å². The zero-order valence-corrected chi connectivity index (χ0v) is 11.0. The fourth-order valence-electron chi connectivity index (χ4n) is 2.61. The summed E-state index contributed by atoms with van der Waals surface area (Å²) >= 11 is 0. The van der Waals surface area contributed by atoms with Crippen molar-refractivity contribution in [3.05, 3.63) is 23.7 Å². The molecule has 1 saturated heterocycles. The molecule has 1 atom stereocenters.